The van der Waals surface area contributed by atoms with Crippen LogP contribution in [0.25, 0.3) is 0 Å². The summed E-state index contributed by atoms with van der Waals surface area (Å²) in [4.78, 5) is 17.3. The molecule has 132 valence electrons. The van der Waals surface area contributed by atoms with Crippen LogP contribution in [0.3, 0.4) is 0 Å². The van der Waals surface area contributed by atoms with Crippen LogP contribution in [0.2, 0.25) is 0 Å². The highest BCUT2D eigenvalue weighted by atomic mass is 19.4. The molecule has 0 fully saturated rings. The van der Waals surface area contributed by atoms with Crippen molar-refractivity contribution >= 4 is 6.09 Å². The van der Waals surface area contributed by atoms with Crippen molar-refractivity contribution in [2.75, 3.05) is 6.54 Å². The molecule has 2 N–H and O–H groups in total. The molecule has 1 aromatic heterocycles. The first-order valence-corrected chi connectivity index (χ1v) is 7.62. The van der Waals surface area contributed by atoms with Gasteiger partial charge in [0.1, 0.15) is 6.61 Å². The van der Waals surface area contributed by atoms with Crippen LogP contribution in [0.15, 0.2) is 42.6 Å². The topological polar surface area (TPSA) is 68.5 Å². The molecule has 2 aromatic rings. The number of carbonyl (C=O) groups excluding carboxylic acids is 1. The van der Waals surface area contributed by atoms with E-state index in [4.69, 9.17) is 10.5 Å². The van der Waals surface area contributed by atoms with Crippen LogP contribution in [-0.2, 0) is 24.1 Å². The number of nitrogens with zero attached hydrogens (tertiary/aromatic N) is 2. The molecule has 0 radical (unpaired) electrons. The quantitative estimate of drug-likeness (QED) is 0.902. The second kappa shape index (κ2) is 6.72. The largest absolute Gasteiger partial charge is 0.445 e. The minimum atomic E-state index is -4.50. The van der Waals surface area contributed by atoms with Gasteiger partial charge >= 0.3 is 12.3 Å². The fourth-order valence-electron chi connectivity index (χ4n) is 2.68. The average molecular weight is 351 g/mol. The Labute approximate surface area is 142 Å². The van der Waals surface area contributed by atoms with Crippen LogP contribution < -0.4 is 5.73 Å². The molecule has 0 bridgehead atoms. The van der Waals surface area contributed by atoms with Crippen LogP contribution in [0, 0.1) is 0 Å². The van der Waals surface area contributed by atoms with Crippen molar-refractivity contribution in [1.29, 1.82) is 0 Å². The standard InChI is InChI=1S/C17H16F3N3O2/c18-17(19,20)13-6-12-8-23(9-14(21)15(12)22-7-13)16(24)25-10-11-4-2-1-3-5-11/h1-7,14H,8-10,21H2/t14-/m0/s1. The lowest BCUT2D eigenvalue weighted by Crippen LogP contribution is -2.41. The van der Waals surface area contributed by atoms with E-state index in [1.807, 2.05) is 30.3 Å². The Balaban J connectivity index is 1.72. The van der Waals surface area contributed by atoms with Gasteiger partial charge in [0.05, 0.1) is 23.8 Å². The Morgan fingerprint density at radius 1 is 1.32 bits per heavy atom. The van der Waals surface area contributed by atoms with E-state index in [9.17, 15) is 18.0 Å². The zero-order valence-electron chi connectivity index (χ0n) is 13.2. The molecule has 3 rings (SSSR count). The molecule has 1 atom stereocenters. The summed E-state index contributed by atoms with van der Waals surface area (Å²) in [6.45, 7) is 0.200. The molecule has 1 aliphatic rings. The van der Waals surface area contributed by atoms with E-state index in [1.54, 1.807) is 0 Å². The van der Waals surface area contributed by atoms with E-state index < -0.39 is 23.9 Å². The van der Waals surface area contributed by atoms with Crippen molar-refractivity contribution in [3.63, 3.8) is 0 Å². The van der Waals surface area contributed by atoms with Gasteiger partial charge < -0.3 is 15.4 Å². The third kappa shape index (κ3) is 3.90. The van der Waals surface area contributed by atoms with Crippen molar-refractivity contribution in [3.05, 3.63) is 65.0 Å². The normalized spacial score (nSPS) is 17.1. The molecule has 2 heterocycles. The number of amides is 1. The first kappa shape index (κ1) is 17.2. The lowest BCUT2D eigenvalue weighted by molar-refractivity contribution is -0.137. The minimum Gasteiger partial charge on any atom is -0.445 e. The molecule has 1 aromatic carbocycles. The van der Waals surface area contributed by atoms with E-state index >= 15 is 0 Å². The number of alkyl halides is 3. The summed E-state index contributed by atoms with van der Waals surface area (Å²) in [6, 6.07) is 9.43. The van der Waals surface area contributed by atoms with Crippen molar-refractivity contribution in [2.45, 2.75) is 25.4 Å². The Morgan fingerprint density at radius 3 is 2.72 bits per heavy atom. The van der Waals surface area contributed by atoms with Crippen LogP contribution in [0.5, 0.6) is 0 Å². The van der Waals surface area contributed by atoms with Gasteiger partial charge in [0.2, 0.25) is 0 Å². The minimum absolute atomic E-state index is 0.0203. The number of hydrogen-bond donors (Lipinski definition) is 1. The summed E-state index contributed by atoms with van der Waals surface area (Å²) in [7, 11) is 0. The smallest absolute Gasteiger partial charge is 0.417 e. The second-order valence-electron chi connectivity index (χ2n) is 5.79. The van der Waals surface area contributed by atoms with Crippen molar-refractivity contribution in [2.24, 2.45) is 5.73 Å². The fraction of sp³-hybridized carbons (Fsp3) is 0.294. The van der Waals surface area contributed by atoms with Gasteiger partial charge in [-0.05, 0) is 17.2 Å². The van der Waals surface area contributed by atoms with Crippen molar-refractivity contribution in [1.82, 2.24) is 9.88 Å². The molecule has 25 heavy (non-hydrogen) atoms. The first-order valence-electron chi connectivity index (χ1n) is 7.62. The number of rotatable bonds is 2. The number of fused-ring (bicyclic) bond motifs is 1. The third-order valence-electron chi connectivity index (χ3n) is 3.92. The molecule has 1 aliphatic heterocycles. The molecule has 1 amide bonds. The van der Waals surface area contributed by atoms with Gasteiger partial charge in [-0.1, -0.05) is 30.3 Å². The SMILES string of the molecule is N[C@H]1CN(C(=O)OCc2ccccc2)Cc2cc(C(F)(F)F)cnc21. The summed E-state index contributed by atoms with van der Waals surface area (Å²) < 4.78 is 43.7. The number of benzene rings is 1. The van der Waals surface area contributed by atoms with Gasteiger partial charge in [-0.25, -0.2) is 4.79 Å². The summed E-state index contributed by atoms with van der Waals surface area (Å²) in [6.07, 6.45) is -4.35. The molecule has 0 aliphatic carbocycles. The van der Waals surface area contributed by atoms with Crippen LogP contribution in [-0.4, -0.2) is 22.5 Å². The van der Waals surface area contributed by atoms with Crippen molar-refractivity contribution in [3.8, 4) is 0 Å². The van der Waals surface area contributed by atoms with Gasteiger partial charge in [-0.3, -0.25) is 4.98 Å². The fourth-order valence-corrected chi connectivity index (χ4v) is 2.68. The monoisotopic (exact) mass is 351 g/mol. The Bertz CT molecular complexity index is 765. The van der Waals surface area contributed by atoms with E-state index in [0.717, 1.165) is 17.8 Å². The third-order valence-corrected chi connectivity index (χ3v) is 3.92. The maximum Gasteiger partial charge on any atom is 0.417 e. The van der Waals surface area contributed by atoms with Gasteiger partial charge in [0.15, 0.2) is 0 Å². The lowest BCUT2D eigenvalue weighted by atomic mass is 10.0. The second-order valence-corrected chi connectivity index (χ2v) is 5.79. The number of pyridine rings is 1. The van der Waals surface area contributed by atoms with Gasteiger partial charge in [0, 0.05) is 12.7 Å². The number of halogens is 3. The maximum atomic E-state index is 12.8. The molecular weight excluding hydrogens is 335 g/mol. The molecule has 5 nitrogen and oxygen atoms in total. The molecular formula is C17H16F3N3O2. The highest BCUT2D eigenvalue weighted by Crippen LogP contribution is 2.32. The van der Waals surface area contributed by atoms with E-state index in [2.05, 4.69) is 4.98 Å². The van der Waals surface area contributed by atoms with Gasteiger partial charge in [-0.2, -0.15) is 13.2 Å². The average Bonchev–Trinajstić information content (AvgIpc) is 2.59. The number of carbonyl (C=O) groups is 1. The van der Waals surface area contributed by atoms with Gasteiger partial charge in [-0.15, -0.1) is 0 Å². The Hall–Kier alpha value is -2.61. The highest BCUT2D eigenvalue weighted by molar-refractivity contribution is 5.68. The maximum absolute atomic E-state index is 12.8. The summed E-state index contributed by atoms with van der Waals surface area (Å²) in [5.41, 5.74) is 6.56. The first-order chi connectivity index (χ1) is 11.8. The summed E-state index contributed by atoms with van der Waals surface area (Å²) >= 11 is 0. The number of nitrogens with two attached hydrogens (primary N) is 1. The molecule has 0 unspecified atom stereocenters. The summed E-state index contributed by atoms with van der Waals surface area (Å²) in [5.74, 6) is 0. The van der Waals surface area contributed by atoms with E-state index in [0.29, 0.717) is 5.69 Å². The van der Waals surface area contributed by atoms with E-state index in [-0.39, 0.29) is 25.3 Å². The molecule has 8 heteroatoms. The molecule has 0 saturated carbocycles. The highest BCUT2D eigenvalue weighted by Gasteiger charge is 2.34. The number of ether oxygens (including phenoxy) is 1. The lowest BCUT2D eigenvalue weighted by Gasteiger charge is -2.31. The van der Waals surface area contributed by atoms with Gasteiger partial charge in [0.25, 0.3) is 0 Å². The number of aromatic nitrogens is 1. The van der Waals surface area contributed by atoms with Crippen molar-refractivity contribution < 1.29 is 22.7 Å². The Kier molecular flexibility index (Phi) is 4.63. The summed E-state index contributed by atoms with van der Waals surface area (Å²) in [5, 5.41) is 0. The van der Waals surface area contributed by atoms with Crippen LogP contribution in [0.1, 0.15) is 28.4 Å². The number of hydrogen-bond acceptors (Lipinski definition) is 4. The predicted octanol–water partition coefficient (Wildman–Crippen LogP) is 3.25. The molecule has 0 saturated heterocycles. The zero-order chi connectivity index (χ0) is 18.0. The predicted molar refractivity (Wildman–Crippen MR) is 83.2 cm³/mol. The van der Waals surface area contributed by atoms with E-state index in [1.165, 1.54) is 4.90 Å². The Morgan fingerprint density at radius 2 is 2.04 bits per heavy atom. The molecule has 0 spiro atoms. The zero-order valence-corrected chi connectivity index (χ0v) is 13.2. The van der Waals surface area contributed by atoms with Crippen LogP contribution >= 0.6 is 0 Å². The van der Waals surface area contributed by atoms with Crippen LogP contribution in [0.4, 0.5) is 18.0 Å².